The first-order valence-corrected chi connectivity index (χ1v) is 6.29. The Balaban J connectivity index is 2.58. The number of hydrogen-bond acceptors (Lipinski definition) is 3. The Morgan fingerprint density at radius 1 is 1.40 bits per heavy atom. The molecule has 2 N–H and O–H groups in total. The summed E-state index contributed by atoms with van der Waals surface area (Å²) in [5, 5.41) is 0. The van der Waals surface area contributed by atoms with Crippen molar-refractivity contribution in [1.29, 1.82) is 0 Å². The quantitative estimate of drug-likeness (QED) is 0.616. The lowest BCUT2D eigenvalue weighted by atomic mass is 10.0. The van der Waals surface area contributed by atoms with E-state index >= 15 is 0 Å². The highest BCUT2D eigenvalue weighted by Crippen LogP contribution is 2.16. The molecule has 0 saturated carbocycles. The second kappa shape index (κ2) is 5.93. The summed E-state index contributed by atoms with van der Waals surface area (Å²) >= 11 is 1.68. The third-order valence-electron chi connectivity index (χ3n) is 2.24. The van der Waals surface area contributed by atoms with Gasteiger partial charge in [-0.25, -0.2) is 0 Å². The van der Waals surface area contributed by atoms with E-state index in [1.165, 1.54) is 4.90 Å². The van der Waals surface area contributed by atoms with Crippen LogP contribution in [0.3, 0.4) is 0 Å². The lowest BCUT2D eigenvalue weighted by Crippen LogP contribution is -2.16. The minimum Gasteiger partial charge on any atom is -0.328 e. The van der Waals surface area contributed by atoms with Crippen molar-refractivity contribution in [2.24, 2.45) is 5.73 Å². The number of rotatable bonds is 5. The van der Waals surface area contributed by atoms with E-state index in [0.29, 0.717) is 6.42 Å². The van der Waals surface area contributed by atoms with Crippen molar-refractivity contribution in [2.75, 3.05) is 6.26 Å². The van der Waals surface area contributed by atoms with E-state index in [0.717, 1.165) is 12.0 Å². The van der Waals surface area contributed by atoms with Crippen LogP contribution in [0.1, 0.15) is 30.1 Å². The number of benzene rings is 1. The third kappa shape index (κ3) is 4.06. The van der Waals surface area contributed by atoms with Crippen molar-refractivity contribution >= 4 is 17.5 Å². The molecular weight excluding hydrogens is 206 g/mol. The average molecular weight is 223 g/mol. The molecule has 0 heterocycles. The molecule has 1 atom stereocenters. The van der Waals surface area contributed by atoms with E-state index in [4.69, 9.17) is 5.73 Å². The average Bonchev–Trinajstić information content (AvgIpc) is 2.26. The van der Waals surface area contributed by atoms with Crippen LogP contribution in [0.25, 0.3) is 0 Å². The van der Waals surface area contributed by atoms with E-state index in [1.807, 2.05) is 37.4 Å². The molecule has 0 bridgehead atoms. The number of thioether (sulfide) groups is 1. The minimum absolute atomic E-state index is 0.0967. The van der Waals surface area contributed by atoms with Gasteiger partial charge in [0.25, 0.3) is 0 Å². The molecule has 1 rings (SSSR count). The lowest BCUT2D eigenvalue weighted by Gasteiger charge is -2.04. The number of Topliss-reactive ketones (excluding diaryl/α,β-unsaturated/α-hetero) is 1. The van der Waals surface area contributed by atoms with E-state index in [2.05, 4.69) is 0 Å². The highest BCUT2D eigenvalue weighted by atomic mass is 32.2. The number of carbonyl (C=O) groups excluding carboxylic acids is 1. The molecule has 0 amide bonds. The molecule has 1 aromatic rings. The monoisotopic (exact) mass is 223 g/mol. The molecule has 0 aliphatic rings. The van der Waals surface area contributed by atoms with E-state index < -0.39 is 0 Å². The van der Waals surface area contributed by atoms with E-state index in [-0.39, 0.29) is 11.8 Å². The Labute approximate surface area is 95.2 Å². The summed E-state index contributed by atoms with van der Waals surface area (Å²) in [7, 11) is 0. The van der Waals surface area contributed by atoms with Gasteiger partial charge in [0.05, 0.1) is 0 Å². The zero-order valence-electron chi connectivity index (χ0n) is 9.19. The number of ketones is 1. The topological polar surface area (TPSA) is 43.1 Å². The Kier molecular flexibility index (Phi) is 4.85. The highest BCUT2D eigenvalue weighted by Gasteiger charge is 2.06. The van der Waals surface area contributed by atoms with Crippen molar-refractivity contribution in [3.05, 3.63) is 29.8 Å². The Hall–Kier alpha value is -0.800. The molecule has 0 radical (unpaired) electrons. The van der Waals surface area contributed by atoms with Gasteiger partial charge in [-0.1, -0.05) is 12.1 Å². The molecule has 15 heavy (non-hydrogen) atoms. The van der Waals surface area contributed by atoms with Crippen LogP contribution in [0.15, 0.2) is 29.2 Å². The molecule has 1 aromatic carbocycles. The standard InChI is InChI=1S/C12H17NOS/c1-9(13)3-8-12(14)10-4-6-11(15-2)7-5-10/h4-7,9H,3,8,13H2,1-2H3. The van der Waals surface area contributed by atoms with Crippen molar-refractivity contribution in [1.82, 2.24) is 0 Å². The van der Waals surface area contributed by atoms with Crippen LogP contribution < -0.4 is 5.73 Å². The van der Waals surface area contributed by atoms with Gasteiger partial charge in [-0.3, -0.25) is 4.79 Å². The van der Waals surface area contributed by atoms with Crippen molar-refractivity contribution in [3.8, 4) is 0 Å². The van der Waals surface area contributed by atoms with Crippen molar-refractivity contribution in [3.63, 3.8) is 0 Å². The largest absolute Gasteiger partial charge is 0.328 e. The molecule has 0 saturated heterocycles. The fourth-order valence-electron chi connectivity index (χ4n) is 1.28. The summed E-state index contributed by atoms with van der Waals surface area (Å²) in [6.07, 6.45) is 3.31. The third-order valence-corrected chi connectivity index (χ3v) is 2.98. The Morgan fingerprint density at radius 2 is 2.00 bits per heavy atom. The van der Waals surface area contributed by atoms with Crippen LogP contribution in [0, 0.1) is 0 Å². The van der Waals surface area contributed by atoms with E-state index in [9.17, 15) is 4.79 Å². The molecular formula is C12H17NOS. The van der Waals surface area contributed by atoms with E-state index in [1.54, 1.807) is 11.8 Å². The Bertz CT molecular complexity index is 319. The maximum atomic E-state index is 11.7. The number of nitrogens with two attached hydrogens (primary N) is 1. The molecule has 2 nitrogen and oxygen atoms in total. The fraction of sp³-hybridized carbons (Fsp3) is 0.417. The summed E-state index contributed by atoms with van der Waals surface area (Å²) in [6.45, 7) is 1.92. The molecule has 0 spiro atoms. The summed E-state index contributed by atoms with van der Waals surface area (Å²) < 4.78 is 0. The van der Waals surface area contributed by atoms with Crippen LogP contribution >= 0.6 is 11.8 Å². The second-order valence-electron chi connectivity index (χ2n) is 3.67. The summed E-state index contributed by atoms with van der Waals surface area (Å²) in [6, 6.07) is 7.82. The highest BCUT2D eigenvalue weighted by molar-refractivity contribution is 7.98. The van der Waals surface area contributed by atoms with Gasteiger partial charge in [-0.2, -0.15) is 0 Å². The number of hydrogen-bond donors (Lipinski definition) is 1. The van der Waals surface area contributed by atoms with Gasteiger partial charge in [0.15, 0.2) is 5.78 Å². The molecule has 0 fully saturated rings. The molecule has 0 aliphatic heterocycles. The Morgan fingerprint density at radius 3 is 2.47 bits per heavy atom. The first kappa shape index (κ1) is 12.3. The van der Waals surface area contributed by atoms with Gasteiger partial charge in [0.2, 0.25) is 0 Å². The minimum atomic E-state index is 0.0967. The SMILES string of the molecule is CSc1ccc(C(=O)CCC(C)N)cc1. The lowest BCUT2D eigenvalue weighted by molar-refractivity contribution is 0.0978. The molecule has 82 valence electrons. The van der Waals surface area contributed by atoms with Gasteiger partial charge < -0.3 is 5.73 Å². The van der Waals surface area contributed by atoms with Gasteiger partial charge in [-0.05, 0) is 31.7 Å². The predicted molar refractivity (Wildman–Crippen MR) is 65.4 cm³/mol. The second-order valence-corrected chi connectivity index (χ2v) is 4.55. The van der Waals surface area contributed by atoms with Crippen molar-refractivity contribution in [2.45, 2.75) is 30.7 Å². The zero-order valence-corrected chi connectivity index (χ0v) is 10.0. The normalized spacial score (nSPS) is 12.5. The zero-order chi connectivity index (χ0) is 11.3. The van der Waals surface area contributed by atoms with Crippen LogP contribution in [-0.2, 0) is 0 Å². The molecule has 3 heteroatoms. The summed E-state index contributed by atoms with van der Waals surface area (Å²) in [5.41, 5.74) is 6.39. The van der Waals surface area contributed by atoms with Gasteiger partial charge in [-0.15, -0.1) is 11.8 Å². The van der Waals surface area contributed by atoms with Crippen LogP contribution in [0.2, 0.25) is 0 Å². The van der Waals surface area contributed by atoms with Gasteiger partial charge >= 0.3 is 0 Å². The predicted octanol–water partition coefficient (Wildman–Crippen LogP) is 2.72. The molecule has 0 aromatic heterocycles. The van der Waals surface area contributed by atoms with Gasteiger partial charge in [0, 0.05) is 22.9 Å². The molecule has 0 aliphatic carbocycles. The fourth-order valence-corrected chi connectivity index (χ4v) is 1.69. The van der Waals surface area contributed by atoms with Crippen molar-refractivity contribution < 1.29 is 4.79 Å². The number of carbonyl (C=O) groups is 1. The first-order valence-electron chi connectivity index (χ1n) is 5.06. The van der Waals surface area contributed by atoms with Crippen LogP contribution in [-0.4, -0.2) is 18.1 Å². The maximum absolute atomic E-state index is 11.7. The smallest absolute Gasteiger partial charge is 0.162 e. The van der Waals surface area contributed by atoms with Gasteiger partial charge in [0.1, 0.15) is 0 Å². The molecule has 1 unspecified atom stereocenters. The maximum Gasteiger partial charge on any atom is 0.162 e. The summed E-state index contributed by atoms with van der Waals surface area (Å²) in [5.74, 6) is 0.181. The first-order chi connectivity index (χ1) is 7.13. The van der Waals surface area contributed by atoms with Crippen LogP contribution in [0.5, 0.6) is 0 Å². The van der Waals surface area contributed by atoms with Crippen LogP contribution in [0.4, 0.5) is 0 Å². The summed E-state index contributed by atoms with van der Waals surface area (Å²) in [4.78, 5) is 12.9.